The maximum Gasteiger partial charge on any atom is 0.333 e. The fourth-order valence-electron chi connectivity index (χ4n) is 3.61. The lowest BCUT2D eigenvalue weighted by atomic mass is 10.2. The van der Waals surface area contributed by atoms with Crippen LogP contribution in [0.4, 0.5) is 0 Å². The van der Waals surface area contributed by atoms with Crippen molar-refractivity contribution in [2.24, 2.45) is 7.05 Å². The van der Waals surface area contributed by atoms with Crippen molar-refractivity contribution in [1.29, 1.82) is 0 Å². The van der Waals surface area contributed by atoms with E-state index in [1.807, 2.05) is 42.7 Å². The van der Waals surface area contributed by atoms with Crippen LogP contribution in [0.15, 0.2) is 40.1 Å². The first-order chi connectivity index (χ1) is 13.8. The van der Waals surface area contributed by atoms with Crippen LogP contribution in [0.1, 0.15) is 24.2 Å². The molecule has 0 saturated heterocycles. The molecule has 3 aromatic heterocycles. The van der Waals surface area contributed by atoms with Crippen molar-refractivity contribution < 1.29 is 9.53 Å². The van der Waals surface area contributed by atoms with Crippen LogP contribution in [0.2, 0.25) is 0 Å². The van der Waals surface area contributed by atoms with E-state index in [0.717, 1.165) is 21.5 Å². The standard InChI is InChI=1S/C20H21N5O4/c1-11-6-8-14(9-7-11)24-12(2)10-23-15-16(21-19(23)24)22(4)20(28)25(17(15)26)13(3)18(27)29-5/h6-10,13H,1-5H3. The van der Waals surface area contributed by atoms with Crippen molar-refractivity contribution in [1.82, 2.24) is 23.1 Å². The van der Waals surface area contributed by atoms with E-state index in [-0.39, 0.29) is 11.2 Å². The zero-order valence-corrected chi connectivity index (χ0v) is 16.8. The van der Waals surface area contributed by atoms with E-state index < -0.39 is 23.3 Å². The average molecular weight is 395 g/mol. The fourth-order valence-corrected chi connectivity index (χ4v) is 3.61. The molecule has 0 fully saturated rings. The van der Waals surface area contributed by atoms with E-state index in [1.54, 1.807) is 10.6 Å². The third-order valence-electron chi connectivity index (χ3n) is 5.20. The molecule has 0 aliphatic carbocycles. The predicted octanol–water partition coefficient (Wildman–Crippen LogP) is 1.49. The van der Waals surface area contributed by atoms with Crippen LogP contribution in [0.3, 0.4) is 0 Å². The van der Waals surface area contributed by atoms with Gasteiger partial charge in [-0.3, -0.25) is 18.3 Å². The first-order valence-corrected chi connectivity index (χ1v) is 9.12. The number of ether oxygens (including phenoxy) is 1. The highest BCUT2D eigenvalue weighted by Gasteiger charge is 2.26. The van der Waals surface area contributed by atoms with E-state index in [2.05, 4.69) is 4.98 Å². The van der Waals surface area contributed by atoms with Gasteiger partial charge in [-0.15, -0.1) is 0 Å². The van der Waals surface area contributed by atoms with E-state index in [4.69, 9.17) is 4.74 Å². The van der Waals surface area contributed by atoms with E-state index >= 15 is 0 Å². The molecule has 1 aromatic carbocycles. The molecule has 9 heteroatoms. The van der Waals surface area contributed by atoms with Gasteiger partial charge in [-0.1, -0.05) is 17.7 Å². The molecule has 0 radical (unpaired) electrons. The van der Waals surface area contributed by atoms with Crippen LogP contribution >= 0.6 is 0 Å². The van der Waals surface area contributed by atoms with E-state index in [0.29, 0.717) is 5.78 Å². The van der Waals surface area contributed by atoms with Crippen molar-refractivity contribution in [2.45, 2.75) is 26.8 Å². The quantitative estimate of drug-likeness (QED) is 0.490. The van der Waals surface area contributed by atoms with Crippen LogP contribution in [0, 0.1) is 13.8 Å². The van der Waals surface area contributed by atoms with Gasteiger partial charge in [0.2, 0.25) is 5.78 Å². The Morgan fingerprint density at radius 1 is 1.14 bits per heavy atom. The van der Waals surface area contributed by atoms with Gasteiger partial charge >= 0.3 is 11.7 Å². The molecular weight excluding hydrogens is 374 g/mol. The monoisotopic (exact) mass is 395 g/mol. The highest BCUT2D eigenvalue weighted by Crippen LogP contribution is 2.21. The van der Waals surface area contributed by atoms with Crippen molar-refractivity contribution in [3.05, 3.63) is 62.6 Å². The number of benzene rings is 1. The minimum Gasteiger partial charge on any atom is -0.467 e. The molecular formula is C20H21N5O4. The maximum atomic E-state index is 13.2. The number of hydrogen-bond acceptors (Lipinski definition) is 5. The zero-order chi connectivity index (χ0) is 21.0. The van der Waals surface area contributed by atoms with Gasteiger partial charge in [0.25, 0.3) is 5.56 Å². The summed E-state index contributed by atoms with van der Waals surface area (Å²) in [7, 11) is 2.75. The zero-order valence-electron chi connectivity index (χ0n) is 16.8. The Bertz CT molecular complexity index is 1390. The summed E-state index contributed by atoms with van der Waals surface area (Å²) in [5.74, 6) is -0.158. The topological polar surface area (TPSA) is 92.5 Å². The van der Waals surface area contributed by atoms with E-state index in [1.165, 1.54) is 25.6 Å². The largest absolute Gasteiger partial charge is 0.467 e. The van der Waals surface area contributed by atoms with E-state index in [9.17, 15) is 14.4 Å². The number of aryl methyl sites for hydroxylation is 3. The Hall–Kier alpha value is -3.62. The highest BCUT2D eigenvalue weighted by molar-refractivity contribution is 5.78. The third-order valence-corrected chi connectivity index (χ3v) is 5.20. The number of aromatic nitrogens is 5. The third kappa shape index (κ3) is 2.61. The SMILES string of the molecule is COC(=O)C(C)n1c(=O)c2c(nc3n(-c4ccc(C)cc4)c(C)cn23)n(C)c1=O. The van der Waals surface area contributed by atoms with Crippen molar-refractivity contribution in [2.75, 3.05) is 7.11 Å². The molecule has 0 amide bonds. The van der Waals surface area contributed by atoms with Crippen LogP contribution in [0.5, 0.6) is 0 Å². The average Bonchev–Trinajstić information content (AvgIpc) is 3.21. The van der Waals surface area contributed by atoms with Crippen LogP contribution in [0.25, 0.3) is 22.6 Å². The fraction of sp³-hybridized carbons (Fsp3) is 0.300. The van der Waals surface area contributed by atoms with Crippen molar-refractivity contribution >= 4 is 22.9 Å². The van der Waals surface area contributed by atoms with Crippen LogP contribution in [-0.4, -0.2) is 36.2 Å². The summed E-state index contributed by atoms with van der Waals surface area (Å²) in [6.07, 6.45) is 1.80. The summed E-state index contributed by atoms with van der Waals surface area (Å²) >= 11 is 0. The summed E-state index contributed by atoms with van der Waals surface area (Å²) in [5.41, 5.74) is 2.17. The summed E-state index contributed by atoms with van der Waals surface area (Å²) in [5, 5.41) is 0. The smallest absolute Gasteiger partial charge is 0.333 e. The van der Waals surface area contributed by atoms with Crippen LogP contribution < -0.4 is 11.2 Å². The Kier molecular flexibility index (Phi) is 4.18. The summed E-state index contributed by atoms with van der Waals surface area (Å²) in [6.45, 7) is 5.38. The summed E-state index contributed by atoms with van der Waals surface area (Å²) in [4.78, 5) is 42.6. The predicted molar refractivity (Wildman–Crippen MR) is 108 cm³/mol. The first-order valence-electron chi connectivity index (χ1n) is 9.12. The minimum atomic E-state index is -1.05. The Morgan fingerprint density at radius 2 is 1.79 bits per heavy atom. The molecule has 0 aliphatic heterocycles. The number of fused-ring (bicyclic) bond motifs is 3. The molecule has 29 heavy (non-hydrogen) atoms. The number of imidazole rings is 2. The number of esters is 1. The van der Waals surface area contributed by atoms with Gasteiger partial charge < -0.3 is 4.74 Å². The Balaban J connectivity index is 2.10. The van der Waals surface area contributed by atoms with Crippen molar-refractivity contribution in [3.63, 3.8) is 0 Å². The number of hydrogen-bond donors (Lipinski definition) is 0. The number of rotatable bonds is 3. The molecule has 0 saturated carbocycles. The van der Waals surface area contributed by atoms with Gasteiger partial charge in [-0.05, 0) is 32.9 Å². The molecule has 0 N–H and O–H groups in total. The number of carbonyl (C=O) groups excluding carboxylic acids is 1. The van der Waals surface area contributed by atoms with Gasteiger partial charge in [0.15, 0.2) is 11.2 Å². The second-order valence-corrected chi connectivity index (χ2v) is 7.11. The van der Waals surface area contributed by atoms with Gasteiger partial charge in [0, 0.05) is 24.6 Å². The number of carbonyl (C=O) groups is 1. The molecule has 3 heterocycles. The first kappa shape index (κ1) is 18.7. The lowest BCUT2D eigenvalue weighted by molar-refractivity contribution is -0.144. The molecule has 0 aliphatic rings. The molecule has 9 nitrogen and oxygen atoms in total. The molecule has 0 bridgehead atoms. The summed E-state index contributed by atoms with van der Waals surface area (Å²) < 4.78 is 10.5. The lowest BCUT2D eigenvalue weighted by Crippen LogP contribution is -2.43. The normalized spacial score (nSPS) is 12.6. The summed E-state index contributed by atoms with van der Waals surface area (Å²) in [6, 6.07) is 6.88. The molecule has 4 aromatic rings. The maximum absolute atomic E-state index is 13.2. The van der Waals surface area contributed by atoms with Gasteiger partial charge in [0.1, 0.15) is 6.04 Å². The van der Waals surface area contributed by atoms with Gasteiger partial charge in [0.05, 0.1) is 7.11 Å². The molecule has 0 spiro atoms. The molecule has 150 valence electrons. The van der Waals surface area contributed by atoms with Crippen molar-refractivity contribution in [3.8, 4) is 5.69 Å². The Morgan fingerprint density at radius 3 is 2.41 bits per heavy atom. The highest BCUT2D eigenvalue weighted by atomic mass is 16.5. The minimum absolute atomic E-state index is 0.229. The van der Waals surface area contributed by atoms with Gasteiger partial charge in [-0.25, -0.2) is 14.2 Å². The number of methoxy groups -OCH3 is 1. The molecule has 4 rings (SSSR count). The second-order valence-electron chi connectivity index (χ2n) is 7.11. The lowest BCUT2D eigenvalue weighted by Gasteiger charge is -2.13. The van der Waals surface area contributed by atoms with Gasteiger partial charge in [-0.2, -0.15) is 4.98 Å². The van der Waals surface area contributed by atoms with Crippen LogP contribution in [-0.2, 0) is 16.6 Å². The molecule has 1 atom stereocenters. The Labute approximate surface area is 165 Å². The number of nitrogens with zero attached hydrogens (tertiary/aromatic N) is 5. The molecule has 1 unspecified atom stereocenters. The second kappa shape index (κ2) is 6.47.